The van der Waals surface area contributed by atoms with E-state index >= 15 is 0 Å². The number of alkyl halides is 2. The summed E-state index contributed by atoms with van der Waals surface area (Å²) >= 11 is 0. The number of para-hydroxylation sites is 1. The largest absolute Gasteiger partial charge is 0.493 e. The summed E-state index contributed by atoms with van der Waals surface area (Å²) in [5, 5.41) is 2.83. The number of methoxy groups -OCH3 is 1. The second-order valence-electron chi connectivity index (χ2n) is 7.02. The van der Waals surface area contributed by atoms with Gasteiger partial charge in [0.2, 0.25) is 0 Å². The molecular weight excluding hydrogens is 392 g/mol. The maximum absolute atomic E-state index is 12.5. The normalized spacial score (nSPS) is 14.6. The Morgan fingerprint density at radius 1 is 1.07 bits per heavy atom. The van der Waals surface area contributed by atoms with Crippen LogP contribution in [0.4, 0.5) is 14.5 Å². The Morgan fingerprint density at radius 2 is 1.80 bits per heavy atom. The van der Waals surface area contributed by atoms with Crippen LogP contribution in [0, 0.1) is 0 Å². The third kappa shape index (κ3) is 6.06. The van der Waals surface area contributed by atoms with Gasteiger partial charge in [0.05, 0.1) is 7.11 Å². The predicted molar refractivity (Wildman–Crippen MR) is 112 cm³/mol. The van der Waals surface area contributed by atoms with Crippen molar-refractivity contribution in [1.82, 2.24) is 10.2 Å². The molecule has 162 valence electrons. The zero-order valence-electron chi connectivity index (χ0n) is 17.0. The van der Waals surface area contributed by atoms with Crippen LogP contribution in [0.2, 0.25) is 0 Å². The van der Waals surface area contributed by atoms with E-state index in [2.05, 4.69) is 44.1 Å². The van der Waals surface area contributed by atoms with Crippen molar-refractivity contribution in [2.75, 3.05) is 51.3 Å². The van der Waals surface area contributed by atoms with Crippen LogP contribution in [-0.4, -0.2) is 63.8 Å². The van der Waals surface area contributed by atoms with E-state index in [0.29, 0.717) is 6.54 Å². The molecule has 0 bridgehead atoms. The first-order valence-electron chi connectivity index (χ1n) is 10.00. The number of piperazine rings is 1. The second-order valence-corrected chi connectivity index (χ2v) is 7.02. The van der Waals surface area contributed by atoms with Gasteiger partial charge < -0.3 is 19.7 Å². The Labute approximate surface area is 175 Å². The number of rotatable bonds is 9. The van der Waals surface area contributed by atoms with E-state index in [1.165, 1.54) is 31.0 Å². The predicted octanol–water partition coefficient (Wildman–Crippen LogP) is 3.24. The number of anilines is 1. The van der Waals surface area contributed by atoms with Gasteiger partial charge in [-0.3, -0.25) is 9.69 Å². The van der Waals surface area contributed by atoms with E-state index in [4.69, 9.17) is 4.74 Å². The van der Waals surface area contributed by atoms with Crippen molar-refractivity contribution < 1.29 is 23.0 Å². The lowest BCUT2D eigenvalue weighted by Gasteiger charge is -2.36. The molecule has 1 aliphatic heterocycles. The number of carbonyl (C=O) groups is 1. The number of carbonyl (C=O) groups excluding carboxylic acids is 1. The molecule has 2 aromatic rings. The monoisotopic (exact) mass is 419 g/mol. The summed E-state index contributed by atoms with van der Waals surface area (Å²) in [4.78, 5) is 17.1. The van der Waals surface area contributed by atoms with Crippen molar-refractivity contribution in [1.29, 1.82) is 0 Å². The summed E-state index contributed by atoms with van der Waals surface area (Å²) in [5.41, 5.74) is 1.50. The van der Waals surface area contributed by atoms with Gasteiger partial charge in [-0.2, -0.15) is 8.78 Å². The highest BCUT2D eigenvalue weighted by atomic mass is 19.3. The first kappa shape index (κ1) is 21.8. The average molecular weight is 419 g/mol. The number of nitrogens with zero attached hydrogens (tertiary/aromatic N) is 2. The van der Waals surface area contributed by atoms with Crippen molar-refractivity contribution >= 4 is 11.6 Å². The van der Waals surface area contributed by atoms with E-state index in [0.717, 1.165) is 39.1 Å². The third-order valence-corrected chi connectivity index (χ3v) is 5.07. The van der Waals surface area contributed by atoms with Crippen molar-refractivity contribution in [3.05, 3.63) is 54.1 Å². The number of ether oxygens (including phenoxy) is 2. The highest BCUT2D eigenvalue weighted by Crippen LogP contribution is 2.29. The van der Waals surface area contributed by atoms with Gasteiger partial charge in [-0.05, 0) is 43.3 Å². The molecule has 1 aliphatic rings. The molecule has 0 aliphatic carbocycles. The van der Waals surface area contributed by atoms with Crippen molar-refractivity contribution in [3.8, 4) is 11.5 Å². The van der Waals surface area contributed by atoms with Crippen LogP contribution in [0.15, 0.2) is 48.5 Å². The smallest absolute Gasteiger partial charge is 0.387 e. The molecule has 0 atom stereocenters. The first-order chi connectivity index (χ1) is 14.6. The minimum Gasteiger partial charge on any atom is -0.493 e. The zero-order chi connectivity index (χ0) is 21.3. The fourth-order valence-corrected chi connectivity index (χ4v) is 3.48. The Hall–Kier alpha value is -2.87. The summed E-state index contributed by atoms with van der Waals surface area (Å²) in [7, 11) is 1.35. The summed E-state index contributed by atoms with van der Waals surface area (Å²) in [5.74, 6) is -0.330. The number of hydrogen-bond donors (Lipinski definition) is 1. The fourth-order valence-electron chi connectivity index (χ4n) is 3.48. The molecule has 1 fully saturated rings. The lowest BCUT2D eigenvalue weighted by molar-refractivity contribution is -0.0512. The quantitative estimate of drug-likeness (QED) is 0.633. The lowest BCUT2D eigenvalue weighted by Crippen LogP contribution is -2.47. The van der Waals surface area contributed by atoms with E-state index < -0.39 is 6.61 Å². The van der Waals surface area contributed by atoms with Crippen molar-refractivity contribution in [2.45, 2.75) is 13.0 Å². The van der Waals surface area contributed by atoms with Crippen LogP contribution in [0.25, 0.3) is 0 Å². The minimum atomic E-state index is -2.99. The molecule has 0 saturated carbocycles. The Morgan fingerprint density at radius 3 is 2.47 bits per heavy atom. The summed E-state index contributed by atoms with van der Waals surface area (Å²) in [6.45, 7) is 2.34. The van der Waals surface area contributed by atoms with Crippen LogP contribution in [0.1, 0.15) is 16.8 Å². The van der Waals surface area contributed by atoms with Gasteiger partial charge in [0.15, 0.2) is 11.5 Å². The third-order valence-electron chi connectivity index (χ3n) is 5.07. The molecule has 3 rings (SSSR count). The first-order valence-corrected chi connectivity index (χ1v) is 10.00. The maximum atomic E-state index is 12.5. The highest BCUT2D eigenvalue weighted by molar-refractivity contribution is 5.94. The van der Waals surface area contributed by atoms with Crippen LogP contribution >= 0.6 is 0 Å². The number of amides is 1. The molecule has 0 radical (unpaired) electrons. The molecule has 1 amide bonds. The van der Waals surface area contributed by atoms with E-state index in [1.807, 2.05) is 6.07 Å². The Balaban J connectivity index is 1.40. The summed E-state index contributed by atoms with van der Waals surface area (Å²) in [6, 6.07) is 14.6. The number of benzene rings is 2. The van der Waals surface area contributed by atoms with Crippen molar-refractivity contribution in [3.63, 3.8) is 0 Å². The van der Waals surface area contributed by atoms with Crippen LogP contribution < -0.4 is 19.7 Å². The minimum absolute atomic E-state index is 0.154. The SMILES string of the molecule is COc1ccc(C(=O)NCCCN2CCN(c3ccccc3)CC2)cc1OC(F)F. The summed E-state index contributed by atoms with van der Waals surface area (Å²) < 4.78 is 34.5. The molecule has 1 heterocycles. The van der Waals surface area contributed by atoms with Crippen LogP contribution in [0.5, 0.6) is 11.5 Å². The van der Waals surface area contributed by atoms with Gasteiger partial charge in [-0.15, -0.1) is 0 Å². The zero-order valence-corrected chi connectivity index (χ0v) is 17.0. The molecule has 2 aromatic carbocycles. The standard InChI is InChI=1S/C22H27F2N3O3/c1-29-19-9-8-17(16-20(19)30-22(23)24)21(28)25-10-5-11-26-12-14-27(15-13-26)18-6-3-2-4-7-18/h2-4,6-9,16,22H,5,10-15H2,1H3,(H,25,28). The second kappa shape index (κ2) is 10.8. The molecule has 8 heteroatoms. The molecule has 1 saturated heterocycles. The average Bonchev–Trinajstić information content (AvgIpc) is 2.77. The van der Waals surface area contributed by atoms with E-state index in [9.17, 15) is 13.6 Å². The van der Waals surface area contributed by atoms with Gasteiger partial charge in [0.1, 0.15) is 0 Å². The molecule has 30 heavy (non-hydrogen) atoms. The van der Waals surface area contributed by atoms with Gasteiger partial charge in [-0.1, -0.05) is 18.2 Å². The molecule has 0 aromatic heterocycles. The number of hydrogen-bond acceptors (Lipinski definition) is 5. The van der Waals surface area contributed by atoms with Crippen LogP contribution in [-0.2, 0) is 0 Å². The Kier molecular flexibility index (Phi) is 7.84. The molecule has 0 unspecified atom stereocenters. The van der Waals surface area contributed by atoms with Gasteiger partial charge in [0, 0.05) is 44.0 Å². The molecule has 1 N–H and O–H groups in total. The molecule has 6 nitrogen and oxygen atoms in total. The fraction of sp³-hybridized carbons (Fsp3) is 0.409. The lowest BCUT2D eigenvalue weighted by atomic mass is 10.2. The van der Waals surface area contributed by atoms with Gasteiger partial charge in [-0.25, -0.2) is 0 Å². The molecular formula is C22H27F2N3O3. The Bertz CT molecular complexity index is 813. The highest BCUT2D eigenvalue weighted by Gasteiger charge is 2.17. The number of nitrogens with one attached hydrogen (secondary N) is 1. The van der Waals surface area contributed by atoms with Crippen LogP contribution in [0.3, 0.4) is 0 Å². The van der Waals surface area contributed by atoms with Crippen molar-refractivity contribution in [2.24, 2.45) is 0 Å². The topological polar surface area (TPSA) is 54.0 Å². The summed E-state index contributed by atoms with van der Waals surface area (Å²) in [6.07, 6.45) is 0.813. The number of halogens is 2. The van der Waals surface area contributed by atoms with Gasteiger partial charge in [0.25, 0.3) is 5.91 Å². The maximum Gasteiger partial charge on any atom is 0.387 e. The van der Waals surface area contributed by atoms with E-state index in [-0.39, 0.29) is 23.0 Å². The molecule has 0 spiro atoms. The van der Waals surface area contributed by atoms with Gasteiger partial charge >= 0.3 is 6.61 Å². The van der Waals surface area contributed by atoms with E-state index in [1.54, 1.807) is 0 Å².